The van der Waals surface area contributed by atoms with Gasteiger partial charge in [0, 0.05) is 12.6 Å². The molecule has 1 atom stereocenters. The minimum absolute atomic E-state index is 0.112. The molecule has 2 rings (SSSR count). The van der Waals surface area contributed by atoms with E-state index in [2.05, 4.69) is 17.0 Å². The topological polar surface area (TPSA) is 66.0 Å². The lowest BCUT2D eigenvalue weighted by Crippen LogP contribution is -2.17. The molecule has 0 aliphatic carbocycles. The molecule has 0 fully saturated rings. The van der Waals surface area contributed by atoms with Gasteiger partial charge in [-0.3, -0.25) is 0 Å². The number of rotatable bonds is 7. The fraction of sp³-hybridized carbons (Fsp3) is 0.467. The van der Waals surface area contributed by atoms with E-state index in [0.29, 0.717) is 17.4 Å². The van der Waals surface area contributed by atoms with Crippen LogP contribution >= 0.6 is 11.6 Å². The van der Waals surface area contributed by atoms with E-state index in [1.54, 1.807) is 6.33 Å². The third kappa shape index (κ3) is 4.44. The summed E-state index contributed by atoms with van der Waals surface area (Å²) >= 11 is 6.25. The van der Waals surface area contributed by atoms with Crippen molar-refractivity contribution in [2.75, 3.05) is 0 Å². The lowest BCUT2D eigenvalue weighted by molar-refractivity contribution is 0.286. The average Bonchev–Trinajstić information content (AvgIpc) is 2.85. The number of halogens is 1. The predicted molar refractivity (Wildman–Crippen MR) is 83.5 cm³/mol. The van der Waals surface area contributed by atoms with Crippen LogP contribution in [0.15, 0.2) is 24.5 Å². The Hall–Kier alpha value is -1.59. The molecule has 1 heterocycles. The highest BCUT2D eigenvalue weighted by Gasteiger charge is 2.08. The van der Waals surface area contributed by atoms with Gasteiger partial charge in [-0.25, -0.2) is 9.67 Å². The van der Waals surface area contributed by atoms with E-state index >= 15 is 0 Å². The minimum atomic E-state index is 0.112. The lowest BCUT2D eigenvalue weighted by Gasteiger charge is -2.11. The van der Waals surface area contributed by atoms with Crippen LogP contribution in [0.5, 0.6) is 5.75 Å². The fourth-order valence-electron chi connectivity index (χ4n) is 2.10. The molecule has 5 nitrogen and oxygen atoms in total. The smallest absolute Gasteiger partial charge is 0.164 e. The molecule has 0 amide bonds. The Morgan fingerprint density at radius 2 is 2.24 bits per heavy atom. The second-order valence-electron chi connectivity index (χ2n) is 5.13. The minimum Gasteiger partial charge on any atom is -0.484 e. The van der Waals surface area contributed by atoms with Crippen molar-refractivity contribution in [3.63, 3.8) is 0 Å². The highest BCUT2D eigenvalue weighted by Crippen LogP contribution is 2.26. The number of aromatic nitrogens is 3. The van der Waals surface area contributed by atoms with Crippen LogP contribution in [0.1, 0.15) is 31.7 Å². The van der Waals surface area contributed by atoms with Gasteiger partial charge < -0.3 is 10.5 Å². The van der Waals surface area contributed by atoms with Gasteiger partial charge in [-0.05, 0) is 37.5 Å². The molecule has 0 saturated heterocycles. The number of nitrogens with two attached hydrogens (primary N) is 1. The number of aryl methyl sites for hydroxylation is 1. The van der Waals surface area contributed by atoms with Gasteiger partial charge in [0.25, 0.3) is 0 Å². The van der Waals surface area contributed by atoms with Crippen LogP contribution in [0.2, 0.25) is 5.02 Å². The van der Waals surface area contributed by atoms with E-state index in [-0.39, 0.29) is 6.04 Å². The van der Waals surface area contributed by atoms with Crippen molar-refractivity contribution in [3.05, 3.63) is 40.9 Å². The third-order valence-corrected chi connectivity index (χ3v) is 3.34. The molecule has 0 aliphatic heterocycles. The first-order valence-electron chi connectivity index (χ1n) is 7.13. The van der Waals surface area contributed by atoms with Crippen molar-refractivity contribution < 1.29 is 4.74 Å². The summed E-state index contributed by atoms with van der Waals surface area (Å²) in [6.07, 6.45) is 3.34. The van der Waals surface area contributed by atoms with Crippen LogP contribution in [0.3, 0.4) is 0 Å². The highest BCUT2D eigenvalue weighted by atomic mass is 35.5. The van der Waals surface area contributed by atoms with Gasteiger partial charge in [0.05, 0.1) is 5.02 Å². The Balaban J connectivity index is 2.01. The van der Waals surface area contributed by atoms with Crippen LogP contribution < -0.4 is 10.5 Å². The molecular weight excluding hydrogens is 288 g/mol. The average molecular weight is 309 g/mol. The summed E-state index contributed by atoms with van der Waals surface area (Å²) in [5, 5.41) is 4.76. The first-order valence-corrected chi connectivity index (χ1v) is 7.51. The summed E-state index contributed by atoms with van der Waals surface area (Å²) in [6, 6.07) is 5.87. The first-order chi connectivity index (χ1) is 10.1. The number of benzene rings is 1. The maximum atomic E-state index is 6.25. The first kappa shape index (κ1) is 15.8. The standard InChI is InChI=1S/C15H21ClN4O/c1-3-6-20-15(18-10-19-20)9-21-14-5-4-12(7-11(2)17)8-13(14)16/h4-5,8,10-11H,3,6-7,9,17H2,1-2H3. The number of hydrogen-bond acceptors (Lipinski definition) is 4. The molecule has 1 aromatic carbocycles. The van der Waals surface area contributed by atoms with Crippen LogP contribution in [-0.2, 0) is 19.6 Å². The van der Waals surface area contributed by atoms with Crippen molar-refractivity contribution >= 4 is 11.6 Å². The van der Waals surface area contributed by atoms with Gasteiger partial charge >= 0.3 is 0 Å². The summed E-state index contributed by atoms with van der Waals surface area (Å²) < 4.78 is 7.59. The van der Waals surface area contributed by atoms with E-state index in [1.807, 2.05) is 29.8 Å². The van der Waals surface area contributed by atoms with Gasteiger partial charge in [-0.1, -0.05) is 24.6 Å². The molecule has 6 heteroatoms. The van der Waals surface area contributed by atoms with Crippen LogP contribution in [0.25, 0.3) is 0 Å². The number of hydrogen-bond donors (Lipinski definition) is 1. The van der Waals surface area contributed by atoms with Crippen molar-refractivity contribution in [3.8, 4) is 5.75 Å². The summed E-state index contributed by atoms with van der Waals surface area (Å²) in [5.74, 6) is 1.45. The SMILES string of the molecule is CCCn1ncnc1COc1ccc(CC(C)N)cc1Cl. The molecule has 0 spiro atoms. The zero-order chi connectivity index (χ0) is 15.2. The van der Waals surface area contributed by atoms with Crippen LogP contribution in [-0.4, -0.2) is 20.8 Å². The molecule has 114 valence electrons. The molecular formula is C15H21ClN4O. The molecule has 1 unspecified atom stereocenters. The largest absolute Gasteiger partial charge is 0.484 e. The molecule has 1 aromatic heterocycles. The zero-order valence-corrected chi connectivity index (χ0v) is 13.2. The molecule has 2 aromatic rings. The quantitative estimate of drug-likeness (QED) is 0.854. The normalized spacial score (nSPS) is 12.4. The van der Waals surface area contributed by atoms with E-state index in [4.69, 9.17) is 22.1 Å². The van der Waals surface area contributed by atoms with Crippen molar-refractivity contribution in [2.24, 2.45) is 5.73 Å². The predicted octanol–water partition coefficient (Wildman–Crippen LogP) is 2.81. The molecule has 0 saturated carbocycles. The van der Waals surface area contributed by atoms with E-state index in [9.17, 15) is 0 Å². The second kappa shape index (κ2) is 7.43. The molecule has 0 radical (unpaired) electrons. The van der Waals surface area contributed by atoms with Gasteiger partial charge in [-0.2, -0.15) is 5.10 Å². The summed E-state index contributed by atoms with van der Waals surface area (Å²) in [7, 11) is 0. The monoisotopic (exact) mass is 308 g/mol. The van der Waals surface area contributed by atoms with Gasteiger partial charge in [0.2, 0.25) is 0 Å². The lowest BCUT2D eigenvalue weighted by atomic mass is 10.1. The zero-order valence-electron chi connectivity index (χ0n) is 12.4. The Labute approximate surface area is 130 Å². The Morgan fingerprint density at radius 3 is 2.90 bits per heavy atom. The summed E-state index contributed by atoms with van der Waals surface area (Å²) in [4.78, 5) is 4.20. The molecule has 21 heavy (non-hydrogen) atoms. The number of ether oxygens (including phenoxy) is 1. The van der Waals surface area contributed by atoms with E-state index in [1.165, 1.54) is 0 Å². The van der Waals surface area contributed by atoms with Crippen LogP contribution in [0, 0.1) is 0 Å². The third-order valence-electron chi connectivity index (χ3n) is 3.04. The molecule has 0 aliphatic rings. The van der Waals surface area contributed by atoms with Crippen molar-refractivity contribution in [2.45, 2.75) is 45.9 Å². The fourth-order valence-corrected chi connectivity index (χ4v) is 2.36. The Morgan fingerprint density at radius 1 is 1.43 bits per heavy atom. The Bertz CT molecular complexity index is 583. The van der Waals surface area contributed by atoms with Gasteiger partial charge in [0.1, 0.15) is 18.7 Å². The summed E-state index contributed by atoms with van der Waals surface area (Å²) in [5.41, 5.74) is 6.90. The molecule has 0 bridgehead atoms. The van der Waals surface area contributed by atoms with Crippen molar-refractivity contribution in [1.82, 2.24) is 14.8 Å². The highest BCUT2D eigenvalue weighted by molar-refractivity contribution is 6.32. The van der Waals surface area contributed by atoms with Crippen molar-refractivity contribution in [1.29, 1.82) is 0 Å². The Kier molecular flexibility index (Phi) is 5.59. The van der Waals surface area contributed by atoms with E-state index in [0.717, 1.165) is 30.8 Å². The van der Waals surface area contributed by atoms with Crippen LogP contribution in [0.4, 0.5) is 0 Å². The van der Waals surface area contributed by atoms with E-state index < -0.39 is 0 Å². The second-order valence-corrected chi connectivity index (χ2v) is 5.54. The molecule has 2 N–H and O–H groups in total. The van der Waals surface area contributed by atoms with Gasteiger partial charge in [0.15, 0.2) is 5.82 Å². The maximum absolute atomic E-state index is 6.25. The maximum Gasteiger partial charge on any atom is 0.164 e. The summed E-state index contributed by atoms with van der Waals surface area (Å²) in [6.45, 7) is 5.26. The van der Waals surface area contributed by atoms with Gasteiger partial charge in [-0.15, -0.1) is 0 Å². The number of nitrogens with zero attached hydrogens (tertiary/aromatic N) is 3.